The summed E-state index contributed by atoms with van der Waals surface area (Å²) in [4.78, 5) is 35.9. The maximum Gasteiger partial charge on any atom is 0.407 e. The van der Waals surface area contributed by atoms with E-state index in [1.54, 1.807) is 0 Å². The Morgan fingerprint density at radius 1 is 1.03 bits per heavy atom. The highest BCUT2D eigenvalue weighted by Gasteiger charge is 2.33. The van der Waals surface area contributed by atoms with Crippen LogP contribution in [0.4, 0.5) is 4.79 Å². The molecule has 2 aromatic rings. The first-order valence-corrected chi connectivity index (χ1v) is 12.1. The Hall–Kier alpha value is -3.35. The molecule has 2 aliphatic rings. The molecule has 0 radical (unpaired) electrons. The molecule has 7 heteroatoms. The molecule has 0 aliphatic heterocycles. The summed E-state index contributed by atoms with van der Waals surface area (Å²) in [5.74, 6) is -1.45. The highest BCUT2D eigenvalue weighted by molar-refractivity contribution is 5.79. The number of carbonyl (C=O) groups is 3. The number of fused-ring (bicyclic) bond motifs is 3. The van der Waals surface area contributed by atoms with E-state index in [0.29, 0.717) is 32.1 Å². The zero-order valence-electron chi connectivity index (χ0n) is 19.5. The van der Waals surface area contributed by atoms with Gasteiger partial charge in [-0.2, -0.15) is 0 Å². The second kappa shape index (κ2) is 10.7. The molecule has 1 fully saturated rings. The van der Waals surface area contributed by atoms with Crippen LogP contribution in [0.3, 0.4) is 0 Å². The Labute approximate surface area is 199 Å². The molecular weight excluding hydrogens is 432 g/mol. The number of carboxylic acid groups (broad SMARTS) is 1. The first-order valence-electron chi connectivity index (χ1n) is 12.1. The lowest BCUT2D eigenvalue weighted by atomic mass is 9.98. The van der Waals surface area contributed by atoms with Crippen molar-refractivity contribution in [2.45, 2.75) is 63.5 Å². The number of aliphatic carboxylic acids is 1. The lowest BCUT2D eigenvalue weighted by molar-refractivity contribution is -0.142. The predicted molar refractivity (Wildman–Crippen MR) is 128 cm³/mol. The Bertz CT molecular complexity index is 1010. The minimum absolute atomic E-state index is 0.0161. The largest absolute Gasteiger partial charge is 0.481 e. The third-order valence-electron chi connectivity index (χ3n) is 6.93. The van der Waals surface area contributed by atoms with E-state index >= 15 is 0 Å². The van der Waals surface area contributed by atoms with Crippen molar-refractivity contribution in [1.29, 1.82) is 0 Å². The van der Waals surface area contributed by atoms with E-state index in [4.69, 9.17) is 4.74 Å². The molecule has 1 saturated carbocycles. The molecule has 2 amide bonds. The van der Waals surface area contributed by atoms with Gasteiger partial charge in [0.2, 0.25) is 5.91 Å². The molecule has 4 rings (SSSR count). The molecule has 7 nitrogen and oxygen atoms in total. The van der Waals surface area contributed by atoms with E-state index in [1.165, 1.54) is 22.3 Å². The number of hydrogen-bond acceptors (Lipinski definition) is 4. The maximum atomic E-state index is 12.4. The first-order chi connectivity index (χ1) is 16.4. The Kier molecular flexibility index (Phi) is 7.50. The fourth-order valence-corrected chi connectivity index (χ4v) is 5.19. The van der Waals surface area contributed by atoms with Crippen molar-refractivity contribution in [3.63, 3.8) is 0 Å². The van der Waals surface area contributed by atoms with Gasteiger partial charge in [-0.05, 0) is 54.9 Å². The molecule has 0 heterocycles. The van der Waals surface area contributed by atoms with Crippen LogP contribution in [0.15, 0.2) is 48.5 Å². The van der Waals surface area contributed by atoms with Gasteiger partial charge in [0.15, 0.2) is 0 Å². The summed E-state index contributed by atoms with van der Waals surface area (Å²) in [6.07, 6.45) is 3.21. The van der Waals surface area contributed by atoms with Gasteiger partial charge in [-0.15, -0.1) is 0 Å². The van der Waals surface area contributed by atoms with E-state index in [2.05, 4.69) is 34.9 Å². The van der Waals surface area contributed by atoms with Gasteiger partial charge in [-0.25, -0.2) is 4.79 Å². The minimum Gasteiger partial charge on any atom is -0.481 e. The van der Waals surface area contributed by atoms with Crippen LogP contribution in [0, 0.1) is 5.92 Å². The highest BCUT2D eigenvalue weighted by Crippen LogP contribution is 2.44. The smallest absolute Gasteiger partial charge is 0.407 e. The van der Waals surface area contributed by atoms with E-state index < -0.39 is 18.0 Å². The number of rotatable bonds is 9. The normalized spacial score (nSPS) is 19.7. The van der Waals surface area contributed by atoms with Crippen LogP contribution in [-0.4, -0.2) is 41.8 Å². The summed E-state index contributed by atoms with van der Waals surface area (Å²) in [6.45, 7) is 2.15. The highest BCUT2D eigenvalue weighted by atomic mass is 16.5. The number of amides is 2. The number of carbonyl (C=O) groups excluding carboxylic acids is 2. The standard InChI is InChI=1S/C27H32N2O5/c1-17(8-6-15-25(30)29-24-14-7-13-22(24)26(31)32)28-27(33)34-16-23-20-11-4-2-9-18(20)19-10-3-5-12-21(19)23/h2-5,9-12,17,22-24H,6-8,13-16H2,1H3,(H,28,33)(H,29,30)(H,31,32). The number of benzene rings is 2. The van der Waals surface area contributed by atoms with Crippen molar-refractivity contribution < 1.29 is 24.2 Å². The van der Waals surface area contributed by atoms with Gasteiger partial charge >= 0.3 is 12.1 Å². The second-order valence-electron chi connectivity index (χ2n) is 9.31. The van der Waals surface area contributed by atoms with Crippen molar-refractivity contribution in [3.8, 4) is 11.1 Å². The Morgan fingerprint density at radius 3 is 2.32 bits per heavy atom. The molecule has 0 bridgehead atoms. The summed E-state index contributed by atoms with van der Waals surface area (Å²) in [7, 11) is 0. The summed E-state index contributed by atoms with van der Waals surface area (Å²) in [5.41, 5.74) is 4.71. The van der Waals surface area contributed by atoms with Gasteiger partial charge in [0, 0.05) is 24.4 Å². The van der Waals surface area contributed by atoms with Gasteiger partial charge < -0.3 is 20.5 Å². The SMILES string of the molecule is CC(CCCC(=O)NC1CCCC1C(=O)O)NC(=O)OCC1c2ccccc2-c2ccccc21. The zero-order chi connectivity index (χ0) is 24.1. The Morgan fingerprint density at radius 2 is 1.68 bits per heavy atom. The minimum atomic E-state index is -0.844. The molecule has 3 unspecified atom stereocenters. The molecule has 2 aromatic carbocycles. The lowest BCUT2D eigenvalue weighted by Gasteiger charge is -2.18. The third-order valence-corrected chi connectivity index (χ3v) is 6.93. The molecule has 0 aromatic heterocycles. The van der Waals surface area contributed by atoms with Gasteiger partial charge in [-0.1, -0.05) is 55.0 Å². The van der Waals surface area contributed by atoms with E-state index in [9.17, 15) is 19.5 Å². The molecule has 0 spiro atoms. The molecule has 180 valence electrons. The molecular formula is C27H32N2O5. The molecule has 2 aliphatic carbocycles. The first kappa shape index (κ1) is 23.8. The van der Waals surface area contributed by atoms with Crippen LogP contribution in [0.2, 0.25) is 0 Å². The number of carboxylic acids is 1. The summed E-state index contributed by atoms with van der Waals surface area (Å²) in [5, 5.41) is 14.9. The van der Waals surface area contributed by atoms with E-state index in [1.807, 2.05) is 31.2 Å². The molecule has 0 saturated heterocycles. The van der Waals surface area contributed by atoms with Crippen LogP contribution in [0.1, 0.15) is 62.5 Å². The predicted octanol–water partition coefficient (Wildman–Crippen LogP) is 4.45. The van der Waals surface area contributed by atoms with Gasteiger partial charge in [0.1, 0.15) is 6.61 Å². The Balaban J connectivity index is 1.19. The van der Waals surface area contributed by atoms with E-state index in [0.717, 1.165) is 6.42 Å². The van der Waals surface area contributed by atoms with Crippen molar-refractivity contribution in [2.75, 3.05) is 6.61 Å². The lowest BCUT2D eigenvalue weighted by Crippen LogP contribution is -2.40. The quantitative estimate of drug-likeness (QED) is 0.508. The number of hydrogen-bond donors (Lipinski definition) is 3. The van der Waals surface area contributed by atoms with Crippen molar-refractivity contribution in [2.24, 2.45) is 5.92 Å². The van der Waals surface area contributed by atoms with Crippen LogP contribution in [0.25, 0.3) is 11.1 Å². The average Bonchev–Trinajstić information content (AvgIpc) is 3.40. The second-order valence-corrected chi connectivity index (χ2v) is 9.31. The molecule has 3 N–H and O–H groups in total. The number of alkyl carbamates (subject to hydrolysis) is 1. The number of ether oxygens (including phenoxy) is 1. The van der Waals surface area contributed by atoms with Crippen molar-refractivity contribution in [1.82, 2.24) is 10.6 Å². The third kappa shape index (κ3) is 5.41. The fourth-order valence-electron chi connectivity index (χ4n) is 5.19. The van der Waals surface area contributed by atoms with Gasteiger partial charge in [0.25, 0.3) is 0 Å². The van der Waals surface area contributed by atoms with Crippen LogP contribution >= 0.6 is 0 Å². The summed E-state index contributed by atoms with van der Waals surface area (Å²) >= 11 is 0. The van der Waals surface area contributed by atoms with Crippen molar-refractivity contribution >= 4 is 18.0 Å². The maximum absolute atomic E-state index is 12.4. The van der Waals surface area contributed by atoms with Crippen molar-refractivity contribution in [3.05, 3.63) is 59.7 Å². The van der Waals surface area contributed by atoms with Crippen LogP contribution < -0.4 is 10.6 Å². The van der Waals surface area contributed by atoms with Gasteiger partial charge in [0.05, 0.1) is 5.92 Å². The van der Waals surface area contributed by atoms with Crippen LogP contribution in [0.5, 0.6) is 0 Å². The molecule has 34 heavy (non-hydrogen) atoms. The number of nitrogens with one attached hydrogen (secondary N) is 2. The van der Waals surface area contributed by atoms with Gasteiger partial charge in [-0.3, -0.25) is 9.59 Å². The monoisotopic (exact) mass is 464 g/mol. The summed E-state index contributed by atoms with van der Waals surface area (Å²) in [6, 6.07) is 16.0. The topological polar surface area (TPSA) is 105 Å². The van der Waals surface area contributed by atoms with Crippen LogP contribution in [-0.2, 0) is 14.3 Å². The summed E-state index contributed by atoms with van der Waals surface area (Å²) < 4.78 is 5.58. The fraction of sp³-hybridized carbons (Fsp3) is 0.444. The zero-order valence-corrected chi connectivity index (χ0v) is 19.5. The average molecular weight is 465 g/mol. The van der Waals surface area contributed by atoms with E-state index in [-0.39, 0.29) is 30.5 Å². The molecule has 3 atom stereocenters.